The number of benzene rings is 3. The first-order valence-corrected chi connectivity index (χ1v) is 11.8. The molecule has 2 amide bonds. The molecule has 1 aliphatic heterocycles. The third kappa shape index (κ3) is 5.11. The van der Waals surface area contributed by atoms with Crippen molar-refractivity contribution in [2.45, 2.75) is 12.8 Å². The van der Waals surface area contributed by atoms with Gasteiger partial charge in [0, 0.05) is 26.6 Å². The number of H-pyrrole nitrogens is 1. The van der Waals surface area contributed by atoms with Gasteiger partial charge in [-0.25, -0.2) is 0 Å². The van der Waals surface area contributed by atoms with Crippen LogP contribution in [0.3, 0.4) is 0 Å². The SMILES string of the molecule is O=C(CCc1ccc2c(c1)OCO2)Nc1ccc(C(=O)N=Nc2c(O)[nH]c3ccc(I)cc23)cc1. The molecule has 0 unspecified atom stereocenters. The fourth-order valence-electron chi connectivity index (χ4n) is 3.66. The van der Waals surface area contributed by atoms with E-state index in [1.54, 1.807) is 24.3 Å². The summed E-state index contributed by atoms with van der Waals surface area (Å²) in [5.41, 5.74) is 2.76. The first-order chi connectivity index (χ1) is 17.0. The number of aryl methyl sites for hydroxylation is 1. The third-order valence-electron chi connectivity index (χ3n) is 5.45. The first-order valence-electron chi connectivity index (χ1n) is 10.7. The van der Waals surface area contributed by atoms with E-state index in [0.717, 1.165) is 9.13 Å². The lowest BCUT2D eigenvalue weighted by atomic mass is 10.1. The molecule has 0 atom stereocenters. The summed E-state index contributed by atoms with van der Waals surface area (Å²) in [7, 11) is 0. The van der Waals surface area contributed by atoms with Crippen molar-refractivity contribution < 1.29 is 24.2 Å². The van der Waals surface area contributed by atoms with Gasteiger partial charge in [-0.15, -0.1) is 10.2 Å². The zero-order valence-electron chi connectivity index (χ0n) is 18.2. The molecule has 176 valence electrons. The second-order valence-corrected chi connectivity index (χ2v) is 9.08. The molecule has 0 fully saturated rings. The van der Waals surface area contributed by atoms with Gasteiger partial charge in [0.15, 0.2) is 17.2 Å². The van der Waals surface area contributed by atoms with Crippen LogP contribution in [-0.4, -0.2) is 28.7 Å². The number of aromatic hydroxyl groups is 1. The fraction of sp³-hybridized carbons (Fsp3) is 0.120. The average Bonchev–Trinajstić information content (AvgIpc) is 3.44. The van der Waals surface area contributed by atoms with Crippen molar-refractivity contribution in [2.75, 3.05) is 12.1 Å². The molecule has 10 heteroatoms. The van der Waals surface area contributed by atoms with E-state index < -0.39 is 5.91 Å². The summed E-state index contributed by atoms with van der Waals surface area (Å²) in [6.07, 6.45) is 0.848. The van der Waals surface area contributed by atoms with E-state index in [4.69, 9.17) is 9.47 Å². The largest absolute Gasteiger partial charge is 0.493 e. The summed E-state index contributed by atoms with van der Waals surface area (Å²) in [5.74, 6) is 0.531. The van der Waals surface area contributed by atoms with E-state index in [1.165, 1.54) is 0 Å². The zero-order chi connectivity index (χ0) is 24.4. The van der Waals surface area contributed by atoms with Gasteiger partial charge in [-0.2, -0.15) is 0 Å². The number of carbonyl (C=O) groups is 2. The van der Waals surface area contributed by atoms with Crippen molar-refractivity contribution in [1.29, 1.82) is 0 Å². The average molecular weight is 582 g/mol. The summed E-state index contributed by atoms with van der Waals surface area (Å²) in [5, 5.41) is 21.3. The Kier molecular flexibility index (Phi) is 6.36. The highest BCUT2D eigenvalue weighted by molar-refractivity contribution is 14.1. The van der Waals surface area contributed by atoms with Gasteiger partial charge in [-0.1, -0.05) is 6.07 Å². The normalized spacial score (nSPS) is 12.4. The molecule has 0 spiro atoms. The molecule has 5 rings (SSSR count). The summed E-state index contributed by atoms with van der Waals surface area (Å²) in [6, 6.07) is 17.6. The second-order valence-electron chi connectivity index (χ2n) is 7.83. The summed E-state index contributed by atoms with van der Waals surface area (Å²) in [6.45, 7) is 0.212. The van der Waals surface area contributed by atoms with E-state index >= 15 is 0 Å². The smallest absolute Gasteiger partial charge is 0.295 e. The van der Waals surface area contributed by atoms with E-state index in [1.807, 2.05) is 36.4 Å². The van der Waals surface area contributed by atoms with E-state index in [9.17, 15) is 14.7 Å². The van der Waals surface area contributed by atoms with E-state index in [-0.39, 0.29) is 24.3 Å². The zero-order valence-corrected chi connectivity index (χ0v) is 20.4. The highest BCUT2D eigenvalue weighted by Crippen LogP contribution is 2.36. The summed E-state index contributed by atoms with van der Waals surface area (Å²) < 4.78 is 11.6. The molecule has 4 aromatic rings. The van der Waals surface area contributed by atoms with Crippen molar-refractivity contribution in [1.82, 2.24) is 4.98 Å². The van der Waals surface area contributed by atoms with Crippen LogP contribution in [0, 0.1) is 3.57 Å². The Morgan fingerprint density at radius 3 is 2.66 bits per heavy atom. The topological polar surface area (TPSA) is 125 Å². The van der Waals surface area contributed by atoms with Gasteiger partial charge in [-0.3, -0.25) is 9.59 Å². The van der Waals surface area contributed by atoms with Gasteiger partial charge in [0.05, 0.1) is 5.52 Å². The van der Waals surface area contributed by atoms with Crippen LogP contribution in [0.2, 0.25) is 0 Å². The van der Waals surface area contributed by atoms with Crippen LogP contribution in [0.15, 0.2) is 70.9 Å². The lowest BCUT2D eigenvalue weighted by Crippen LogP contribution is -2.12. The lowest BCUT2D eigenvalue weighted by molar-refractivity contribution is -0.116. The second kappa shape index (κ2) is 9.74. The molecule has 0 saturated carbocycles. The number of anilines is 1. The Balaban J connectivity index is 1.19. The highest BCUT2D eigenvalue weighted by Gasteiger charge is 2.14. The highest BCUT2D eigenvalue weighted by atomic mass is 127. The number of rotatable bonds is 6. The van der Waals surface area contributed by atoms with E-state index in [0.29, 0.717) is 46.5 Å². The number of aromatic amines is 1. The quantitative estimate of drug-likeness (QED) is 0.199. The van der Waals surface area contributed by atoms with Crippen molar-refractivity contribution in [3.8, 4) is 17.4 Å². The maximum absolute atomic E-state index is 12.5. The lowest BCUT2D eigenvalue weighted by Gasteiger charge is -2.06. The number of amides is 2. The predicted molar refractivity (Wildman–Crippen MR) is 137 cm³/mol. The maximum Gasteiger partial charge on any atom is 0.295 e. The number of azo groups is 1. The fourth-order valence-corrected chi connectivity index (χ4v) is 4.16. The van der Waals surface area contributed by atoms with Crippen molar-refractivity contribution in [2.24, 2.45) is 10.2 Å². The molecule has 9 nitrogen and oxygen atoms in total. The monoisotopic (exact) mass is 582 g/mol. The van der Waals surface area contributed by atoms with Crippen LogP contribution in [0.5, 0.6) is 17.4 Å². The number of hydrogen-bond donors (Lipinski definition) is 3. The van der Waals surface area contributed by atoms with Crippen LogP contribution in [0.4, 0.5) is 11.4 Å². The Morgan fingerprint density at radius 2 is 1.83 bits per heavy atom. The Bertz CT molecular complexity index is 1460. The molecule has 2 heterocycles. The van der Waals surface area contributed by atoms with Crippen molar-refractivity contribution >= 4 is 56.7 Å². The number of ether oxygens (including phenoxy) is 2. The van der Waals surface area contributed by atoms with Gasteiger partial charge >= 0.3 is 0 Å². The molecular weight excluding hydrogens is 563 g/mol. The van der Waals surface area contributed by atoms with Gasteiger partial charge in [-0.05, 0) is 89.2 Å². The summed E-state index contributed by atoms with van der Waals surface area (Å²) in [4.78, 5) is 27.6. The molecule has 1 aliphatic rings. The van der Waals surface area contributed by atoms with Crippen LogP contribution in [-0.2, 0) is 11.2 Å². The molecule has 0 saturated heterocycles. The molecule has 1 aromatic heterocycles. The number of nitrogens with zero attached hydrogens (tertiary/aromatic N) is 2. The number of fused-ring (bicyclic) bond motifs is 2. The number of carbonyl (C=O) groups excluding carboxylic acids is 2. The number of hydrogen-bond acceptors (Lipinski definition) is 6. The molecule has 0 radical (unpaired) electrons. The van der Waals surface area contributed by atoms with Gasteiger partial charge < -0.3 is 24.9 Å². The Labute approximate surface area is 213 Å². The minimum absolute atomic E-state index is 0.147. The summed E-state index contributed by atoms with van der Waals surface area (Å²) >= 11 is 2.16. The van der Waals surface area contributed by atoms with E-state index in [2.05, 4.69) is 43.1 Å². The molecule has 0 aliphatic carbocycles. The molecule has 3 aromatic carbocycles. The molecular formula is C25H19IN4O5. The molecule has 0 bridgehead atoms. The Morgan fingerprint density at radius 1 is 1.03 bits per heavy atom. The van der Waals surface area contributed by atoms with Crippen LogP contribution < -0.4 is 14.8 Å². The first kappa shape index (κ1) is 22.8. The number of nitrogens with one attached hydrogen (secondary N) is 2. The van der Waals surface area contributed by atoms with Gasteiger partial charge in [0.2, 0.25) is 18.6 Å². The third-order valence-corrected chi connectivity index (χ3v) is 6.12. The van der Waals surface area contributed by atoms with Crippen LogP contribution in [0.1, 0.15) is 22.3 Å². The van der Waals surface area contributed by atoms with Gasteiger partial charge in [0.1, 0.15) is 0 Å². The van der Waals surface area contributed by atoms with Crippen molar-refractivity contribution in [3.05, 3.63) is 75.4 Å². The van der Waals surface area contributed by atoms with Crippen LogP contribution >= 0.6 is 22.6 Å². The van der Waals surface area contributed by atoms with Crippen molar-refractivity contribution in [3.63, 3.8) is 0 Å². The maximum atomic E-state index is 12.5. The number of halogens is 1. The minimum Gasteiger partial charge on any atom is -0.493 e. The Hall–Kier alpha value is -3.93. The minimum atomic E-state index is -0.565. The van der Waals surface area contributed by atoms with Crippen LogP contribution in [0.25, 0.3) is 10.9 Å². The number of aromatic nitrogens is 1. The molecule has 35 heavy (non-hydrogen) atoms. The molecule has 3 N–H and O–H groups in total. The predicted octanol–water partition coefficient (Wildman–Crippen LogP) is 5.70. The standard InChI is InChI=1S/C25H19IN4O5/c26-16-5-8-19-18(12-16)23(25(33)28-19)29-30-24(32)15-3-6-17(7-4-15)27-22(31)10-2-14-1-9-20-21(11-14)35-13-34-20/h1,3-9,11-12,28,33H,2,10,13H2,(H,27,31). The van der Waals surface area contributed by atoms with Gasteiger partial charge in [0.25, 0.3) is 5.91 Å².